The molecule has 1 unspecified atom stereocenters. The predicted molar refractivity (Wildman–Crippen MR) is 93.1 cm³/mol. The first kappa shape index (κ1) is 14.6. The molecule has 2 aliphatic heterocycles. The molecule has 24 heavy (non-hydrogen) atoms. The van der Waals surface area contributed by atoms with Crippen molar-refractivity contribution in [1.82, 2.24) is 0 Å². The lowest BCUT2D eigenvalue weighted by atomic mass is 10.1. The first-order valence-electron chi connectivity index (χ1n) is 7.72. The van der Waals surface area contributed by atoms with Gasteiger partial charge in [-0.3, -0.25) is 14.7 Å². The number of nitrogens with zero attached hydrogens (tertiary/aromatic N) is 2. The number of phenolic OH excluding ortho intramolecular Hbond substituents is 1. The first-order valence-corrected chi connectivity index (χ1v) is 7.72. The largest absolute Gasteiger partial charge is 0.504 e. The van der Waals surface area contributed by atoms with Gasteiger partial charge < -0.3 is 15.2 Å². The van der Waals surface area contributed by atoms with Crippen molar-refractivity contribution in [2.24, 2.45) is 4.99 Å². The van der Waals surface area contributed by atoms with E-state index in [-0.39, 0.29) is 23.4 Å². The number of hydrogen-bond donors (Lipinski definition) is 2. The number of carbonyl (C=O) groups excluding carboxylic acids is 1. The highest BCUT2D eigenvalue weighted by Gasteiger charge is 2.36. The molecule has 2 aromatic rings. The average molecular weight is 323 g/mol. The molecule has 2 aromatic carbocycles. The lowest BCUT2D eigenvalue weighted by Gasteiger charge is -2.22. The second kappa shape index (κ2) is 5.26. The quantitative estimate of drug-likeness (QED) is 0.891. The van der Waals surface area contributed by atoms with Gasteiger partial charge in [0.2, 0.25) is 0 Å². The van der Waals surface area contributed by atoms with Crippen LogP contribution in [0.4, 0.5) is 17.1 Å². The fraction of sp³-hybridized carbons (Fsp3) is 0.222. The van der Waals surface area contributed by atoms with Gasteiger partial charge in [-0.25, -0.2) is 0 Å². The molecule has 0 fully saturated rings. The molecule has 2 aliphatic rings. The van der Waals surface area contributed by atoms with Crippen LogP contribution in [0.3, 0.4) is 0 Å². The molecule has 0 saturated carbocycles. The monoisotopic (exact) mass is 323 g/mol. The van der Waals surface area contributed by atoms with Crippen LogP contribution in [-0.4, -0.2) is 37.4 Å². The summed E-state index contributed by atoms with van der Waals surface area (Å²) in [4.78, 5) is 19.3. The van der Waals surface area contributed by atoms with Gasteiger partial charge in [-0.2, -0.15) is 0 Å². The number of hydrogen-bond acceptors (Lipinski definition) is 5. The maximum absolute atomic E-state index is 13.1. The summed E-state index contributed by atoms with van der Waals surface area (Å²) < 4.78 is 5.13. The highest BCUT2D eigenvalue weighted by molar-refractivity contribution is 6.15. The van der Waals surface area contributed by atoms with E-state index in [0.29, 0.717) is 11.3 Å². The van der Waals surface area contributed by atoms with Crippen molar-refractivity contribution in [3.63, 3.8) is 0 Å². The Kier molecular flexibility index (Phi) is 3.19. The van der Waals surface area contributed by atoms with E-state index in [2.05, 4.69) is 10.3 Å². The molecule has 2 N–H and O–H groups in total. The third-order valence-electron chi connectivity index (χ3n) is 4.53. The average Bonchev–Trinajstić information content (AvgIpc) is 2.90. The SMILES string of the molecule is CNc1ccc2c(c1)N1C(=O)c3cc(OC)c(O)cc3N=CC1C2. The van der Waals surface area contributed by atoms with E-state index in [4.69, 9.17) is 4.74 Å². The second-order valence-corrected chi connectivity index (χ2v) is 5.86. The van der Waals surface area contributed by atoms with Crippen LogP contribution in [-0.2, 0) is 6.42 Å². The summed E-state index contributed by atoms with van der Waals surface area (Å²) in [5.41, 5.74) is 3.84. The van der Waals surface area contributed by atoms with Crippen LogP contribution in [0, 0.1) is 0 Å². The van der Waals surface area contributed by atoms with Gasteiger partial charge in [0.05, 0.1) is 30.1 Å². The summed E-state index contributed by atoms with van der Waals surface area (Å²) in [6.07, 6.45) is 2.50. The van der Waals surface area contributed by atoms with Gasteiger partial charge in [0.15, 0.2) is 11.5 Å². The fourth-order valence-electron chi connectivity index (χ4n) is 3.29. The zero-order valence-electron chi connectivity index (χ0n) is 13.4. The van der Waals surface area contributed by atoms with E-state index in [0.717, 1.165) is 23.4 Å². The molecule has 4 rings (SSSR count). The van der Waals surface area contributed by atoms with Crippen LogP contribution < -0.4 is 15.0 Å². The molecule has 6 nitrogen and oxygen atoms in total. The van der Waals surface area contributed by atoms with E-state index < -0.39 is 0 Å². The van der Waals surface area contributed by atoms with Crippen molar-refractivity contribution >= 4 is 29.2 Å². The second-order valence-electron chi connectivity index (χ2n) is 5.86. The van der Waals surface area contributed by atoms with Gasteiger partial charge >= 0.3 is 0 Å². The zero-order chi connectivity index (χ0) is 16.8. The molecular weight excluding hydrogens is 306 g/mol. The number of ether oxygens (including phenoxy) is 1. The molecule has 6 heteroatoms. The van der Waals surface area contributed by atoms with Crippen LogP contribution in [0.1, 0.15) is 15.9 Å². The minimum absolute atomic E-state index is 0.0267. The van der Waals surface area contributed by atoms with Gasteiger partial charge in [-0.1, -0.05) is 6.07 Å². The topological polar surface area (TPSA) is 74.2 Å². The van der Waals surface area contributed by atoms with Crippen LogP contribution >= 0.6 is 0 Å². The Bertz CT molecular complexity index is 876. The third-order valence-corrected chi connectivity index (χ3v) is 4.53. The molecule has 0 aromatic heterocycles. The minimum atomic E-state index is -0.141. The molecule has 0 radical (unpaired) electrons. The Labute approximate surface area is 139 Å². The summed E-state index contributed by atoms with van der Waals surface area (Å²) in [6, 6.07) is 8.91. The maximum atomic E-state index is 13.1. The van der Waals surface area contributed by atoms with Gasteiger partial charge in [-0.15, -0.1) is 0 Å². The molecule has 1 atom stereocenters. The number of methoxy groups -OCH3 is 1. The highest BCUT2D eigenvalue weighted by Crippen LogP contribution is 2.41. The smallest absolute Gasteiger partial charge is 0.261 e. The van der Waals surface area contributed by atoms with Crippen LogP contribution in [0.2, 0.25) is 0 Å². The van der Waals surface area contributed by atoms with Crippen molar-refractivity contribution in [2.45, 2.75) is 12.5 Å². The summed E-state index contributed by atoms with van der Waals surface area (Å²) in [6.45, 7) is 0. The van der Waals surface area contributed by atoms with E-state index in [1.54, 1.807) is 17.2 Å². The van der Waals surface area contributed by atoms with Crippen LogP contribution in [0.5, 0.6) is 11.5 Å². The van der Waals surface area contributed by atoms with E-state index in [9.17, 15) is 9.90 Å². The number of fused-ring (bicyclic) bond motifs is 4. The molecule has 1 amide bonds. The van der Waals surface area contributed by atoms with Crippen molar-refractivity contribution < 1.29 is 14.6 Å². The molecule has 0 bridgehead atoms. The number of carbonyl (C=O) groups is 1. The number of rotatable bonds is 2. The molecule has 0 aliphatic carbocycles. The van der Waals surface area contributed by atoms with Crippen LogP contribution in [0.15, 0.2) is 35.3 Å². The third kappa shape index (κ3) is 2.03. The van der Waals surface area contributed by atoms with E-state index in [1.165, 1.54) is 13.2 Å². The normalized spacial score (nSPS) is 17.8. The predicted octanol–water partition coefficient (Wildman–Crippen LogP) is 2.73. The zero-order valence-corrected chi connectivity index (χ0v) is 13.4. The number of aliphatic imine (C=N–C) groups is 1. The molecule has 2 heterocycles. The van der Waals surface area contributed by atoms with Gasteiger partial charge in [0.25, 0.3) is 5.91 Å². The Morgan fingerprint density at radius 1 is 1.33 bits per heavy atom. The Morgan fingerprint density at radius 2 is 2.17 bits per heavy atom. The lowest BCUT2D eigenvalue weighted by molar-refractivity contribution is 0.0987. The first-order chi connectivity index (χ1) is 11.6. The number of nitrogens with one attached hydrogen (secondary N) is 1. The molecular formula is C18H17N3O3. The maximum Gasteiger partial charge on any atom is 0.261 e. The van der Waals surface area contributed by atoms with Crippen molar-refractivity contribution in [3.8, 4) is 11.5 Å². The number of anilines is 2. The standard InChI is InChI=1S/C18H17N3O3/c1-19-11-4-3-10-5-12-9-20-14-8-16(22)17(24-2)7-13(14)18(23)21(12)15(10)6-11/h3-4,6-9,12,19,22H,5H2,1-2H3. The van der Waals surface area contributed by atoms with Gasteiger partial charge in [0.1, 0.15) is 0 Å². The summed E-state index contributed by atoms with van der Waals surface area (Å²) in [5.74, 6) is 0.0954. The van der Waals surface area contributed by atoms with Crippen molar-refractivity contribution in [3.05, 3.63) is 41.5 Å². The number of aromatic hydroxyl groups is 1. The number of phenols is 1. The van der Waals surface area contributed by atoms with Crippen molar-refractivity contribution in [1.29, 1.82) is 0 Å². The van der Waals surface area contributed by atoms with E-state index >= 15 is 0 Å². The number of amides is 1. The van der Waals surface area contributed by atoms with Gasteiger partial charge in [-0.05, 0) is 23.8 Å². The summed E-state index contributed by atoms with van der Waals surface area (Å²) >= 11 is 0. The highest BCUT2D eigenvalue weighted by atomic mass is 16.5. The Balaban J connectivity index is 1.86. The Morgan fingerprint density at radius 3 is 2.92 bits per heavy atom. The summed E-state index contributed by atoms with van der Waals surface area (Å²) in [5, 5.41) is 13.0. The molecule has 0 spiro atoms. The molecule has 0 saturated heterocycles. The summed E-state index contributed by atoms with van der Waals surface area (Å²) in [7, 11) is 3.31. The van der Waals surface area contributed by atoms with E-state index in [1.807, 2.05) is 25.2 Å². The number of benzene rings is 2. The molecule has 122 valence electrons. The van der Waals surface area contributed by atoms with Gasteiger partial charge in [0, 0.05) is 31.4 Å². The minimum Gasteiger partial charge on any atom is -0.504 e. The lowest BCUT2D eigenvalue weighted by Crippen LogP contribution is -2.37. The van der Waals surface area contributed by atoms with Crippen LogP contribution in [0.25, 0.3) is 0 Å². The Hall–Kier alpha value is -3.02. The fourth-order valence-corrected chi connectivity index (χ4v) is 3.29. The van der Waals surface area contributed by atoms with Crippen molar-refractivity contribution in [2.75, 3.05) is 24.4 Å².